The lowest BCUT2D eigenvalue weighted by Gasteiger charge is -2.03. The summed E-state index contributed by atoms with van der Waals surface area (Å²) in [6.07, 6.45) is 0.861. The molecule has 1 N–H and O–H groups in total. The van der Waals surface area contributed by atoms with Crippen molar-refractivity contribution in [2.75, 3.05) is 7.11 Å². The van der Waals surface area contributed by atoms with E-state index in [1.807, 2.05) is 6.92 Å². The van der Waals surface area contributed by atoms with Gasteiger partial charge in [0.25, 0.3) is 5.56 Å². The average molecular weight is 153 g/mol. The summed E-state index contributed by atoms with van der Waals surface area (Å²) in [6.45, 7) is 2.01. The molecule has 60 valence electrons. The number of ether oxygens (including phenoxy) is 1. The van der Waals surface area contributed by atoms with Crippen molar-refractivity contribution in [1.29, 1.82) is 0 Å². The number of H-pyrrole nitrogens is 1. The lowest BCUT2D eigenvalue weighted by molar-refractivity contribution is 0.391. The van der Waals surface area contributed by atoms with Crippen LogP contribution in [0.25, 0.3) is 0 Å². The molecule has 0 fully saturated rings. The molecule has 0 aromatic carbocycles. The Balaban J connectivity index is 3.16. The van der Waals surface area contributed by atoms with Gasteiger partial charge in [0.1, 0.15) is 0 Å². The van der Waals surface area contributed by atoms with Crippen molar-refractivity contribution in [3.05, 3.63) is 28.0 Å². The molecule has 1 aromatic rings. The zero-order valence-corrected chi connectivity index (χ0v) is 6.68. The van der Waals surface area contributed by atoms with Crippen molar-refractivity contribution in [2.45, 2.75) is 13.3 Å². The first-order valence-electron chi connectivity index (χ1n) is 3.54. The van der Waals surface area contributed by atoms with Crippen LogP contribution in [0.5, 0.6) is 5.88 Å². The van der Waals surface area contributed by atoms with Crippen molar-refractivity contribution in [3.8, 4) is 5.88 Å². The van der Waals surface area contributed by atoms with E-state index in [2.05, 4.69) is 4.98 Å². The summed E-state index contributed by atoms with van der Waals surface area (Å²) in [5.74, 6) is 0.569. The number of hydrogen-bond donors (Lipinski definition) is 1. The van der Waals surface area contributed by atoms with Gasteiger partial charge in [0.2, 0.25) is 0 Å². The van der Waals surface area contributed by atoms with E-state index in [9.17, 15) is 4.79 Å². The van der Waals surface area contributed by atoms with Crippen LogP contribution < -0.4 is 10.3 Å². The van der Waals surface area contributed by atoms with Crippen LogP contribution in [0.1, 0.15) is 12.5 Å². The quantitative estimate of drug-likeness (QED) is 0.687. The summed E-state index contributed by atoms with van der Waals surface area (Å²) in [5, 5.41) is 0. The second-order valence-electron chi connectivity index (χ2n) is 2.23. The van der Waals surface area contributed by atoms with Gasteiger partial charge in [-0.1, -0.05) is 6.92 Å². The molecule has 0 spiro atoms. The van der Waals surface area contributed by atoms with Gasteiger partial charge in [-0.25, -0.2) is 0 Å². The molecule has 0 radical (unpaired) electrons. The van der Waals surface area contributed by atoms with E-state index in [1.165, 1.54) is 6.07 Å². The zero-order chi connectivity index (χ0) is 8.27. The lowest BCUT2D eigenvalue weighted by atomic mass is 10.2. The van der Waals surface area contributed by atoms with Gasteiger partial charge < -0.3 is 4.74 Å². The predicted molar refractivity (Wildman–Crippen MR) is 43.0 cm³/mol. The van der Waals surface area contributed by atoms with Gasteiger partial charge in [0.15, 0.2) is 5.88 Å². The highest BCUT2D eigenvalue weighted by atomic mass is 16.5. The summed E-state index contributed by atoms with van der Waals surface area (Å²) >= 11 is 0. The van der Waals surface area contributed by atoms with Gasteiger partial charge in [-0.2, -0.15) is 0 Å². The van der Waals surface area contributed by atoms with Gasteiger partial charge in [-0.3, -0.25) is 9.78 Å². The van der Waals surface area contributed by atoms with Gasteiger partial charge in [0, 0.05) is 11.6 Å². The Hall–Kier alpha value is -1.25. The van der Waals surface area contributed by atoms with E-state index in [0.29, 0.717) is 5.88 Å². The molecule has 1 aromatic heterocycles. The first-order valence-corrected chi connectivity index (χ1v) is 3.54. The van der Waals surface area contributed by atoms with Gasteiger partial charge >= 0.3 is 0 Å². The van der Waals surface area contributed by atoms with Crippen molar-refractivity contribution >= 4 is 0 Å². The Kier molecular flexibility index (Phi) is 2.31. The van der Waals surface area contributed by atoms with Crippen LogP contribution in [0.15, 0.2) is 16.9 Å². The molecule has 1 rings (SSSR count). The highest BCUT2D eigenvalue weighted by molar-refractivity contribution is 5.24. The molecule has 0 atom stereocenters. The molecular formula is C8H11NO2. The number of hydrogen-bond acceptors (Lipinski definition) is 2. The number of pyridine rings is 1. The predicted octanol–water partition coefficient (Wildman–Crippen LogP) is 0.946. The Morgan fingerprint density at radius 2 is 2.27 bits per heavy atom. The highest BCUT2D eigenvalue weighted by Crippen LogP contribution is 2.11. The topological polar surface area (TPSA) is 42.1 Å². The van der Waals surface area contributed by atoms with Gasteiger partial charge in [-0.05, 0) is 12.5 Å². The average Bonchev–Trinajstić information content (AvgIpc) is 2.04. The lowest BCUT2D eigenvalue weighted by Crippen LogP contribution is -2.06. The Bertz CT molecular complexity index is 290. The molecular weight excluding hydrogens is 142 g/mol. The van der Waals surface area contributed by atoms with Crippen LogP contribution in [0.2, 0.25) is 0 Å². The molecule has 3 heteroatoms. The third-order valence-electron chi connectivity index (χ3n) is 1.55. The third-order valence-corrected chi connectivity index (χ3v) is 1.55. The van der Waals surface area contributed by atoms with E-state index >= 15 is 0 Å². The smallest absolute Gasteiger partial charge is 0.250 e. The minimum absolute atomic E-state index is 0.126. The number of aryl methyl sites for hydroxylation is 1. The number of aromatic nitrogens is 1. The van der Waals surface area contributed by atoms with Gasteiger partial charge in [-0.15, -0.1) is 0 Å². The van der Waals surface area contributed by atoms with Crippen molar-refractivity contribution < 1.29 is 4.74 Å². The van der Waals surface area contributed by atoms with E-state index in [0.717, 1.165) is 12.0 Å². The van der Waals surface area contributed by atoms with E-state index in [1.54, 1.807) is 13.2 Å². The minimum atomic E-state index is -0.126. The molecule has 0 saturated carbocycles. The molecule has 11 heavy (non-hydrogen) atoms. The fourth-order valence-electron chi connectivity index (χ4n) is 0.946. The number of methoxy groups -OCH3 is 1. The Morgan fingerprint density at radius 3 is 2.82 bits per heavy atom. The second-order valence-corrected chi connectivity index (χ2v) is 2.23. The maximum Gasteiger partial charge on any atom is 0.250 e. The normalized spacial score (nSPS) is 9.64. The van der Waals surface area contributed by atoms with Crippen LogP contribution in [0, 0.1) is 0 Å². The molecule has 0 aliphatic rings. The van der Waals surface area contributed by atoms with E-state index < -0.39 is 0 Å². The molecule has 0 amide bonds. The fraction of sp³-hybridized carbons (Fsp3) is 0.375. The van der Waals surface area contributed by atoms with Crippen molar-refractivity contribution in [3.63, 3.8) is 0 Å². The van der Waals surface area contributed by atoms with E-state index in [4.69, 9.17) is 4.74 Å². The Morgan fingerprint density at radius 1 is 1.55 bits per heavy atom. The maximum absolute atomic E-state index is 10.8. The summed E-state index contributed by atoms with van der Waals surface area (Å²) in [7, 11) is 1.55. The highest BCUT2D eigenvalue weighted by Gasteiger charge is 1.99. The molecule has 3 nitrogen and oxygen atoms in total. The van der Waals surface area contributed by atoms with Crippen LogP contribution >= 0.6 is 0 Å². The number of nitrogens with one attached hydrogen (secondary N) is 1. The van der Waals surface area contributed by atoms with Crippen LogP contribution in [0.4, 0.5) is 0 Å². The Labute approximate surface area is 65.0 Å². The standard InChI is InChI=1S/C8H11NO2/c1-3-6-4-5-7(10)9-8(6)11-2/h4-5H,3H2,1-2H3,(H,9,10). The van der Waals surface area contributed by atoms with E-state index in [-0.39, 0.29) is 5.56 Å². The third kappa shape index (κ3) is 1.61. The molecule has 1 heterocycles. The fourth-order valence-corrected chi connectivity index (χ4v) is 0.946. The maximum atomic E-state index is 10.8. The summed E-state index contributed by atoms with van der Waals surface area (Å²) in [6, 6.07) is 3.28. The van der Waals surface area contributed by atoms with Crippen LogP contribution in [-0.4, -0.2) is 12.1 Å². The first-order chi connectivity index (χ1) is 5.27. The second kappa shape index (κ2) is 3.23. The molecule has 0 aliphatic heterocycles. The molecule has 0 unspecified atom stereocenters. The number of aromatic amines is 1. The first kappa shape index (κ1) is 7.85. The van der Waals surface area contributed by atoms with Crippen molar-refractivity contribution in [2.24, 2.45) is 0 Å². The summed E-state index contributed by atoms with van der Waals surface area (Å²) in [4.78, 5) is 13.4. The van der Waals surface area contributed by atoms with Gasteiger partial charge in [0.05, 0.1) is 7.11 Å². The largest absolute Gasteiger partial charge is 0.482 e. The van der Waals surface area contributed by atoms with Crippen LogP contribution in [-0.2, 0) is 6.42 Å². The van der Waals surface area contributed by atoms with Crippen molar-refractivity contribution in [1.82, 2.24) is 4.98 Å². The summed E-state index contributed by atoms with van der Waals surface area (Å²) in [5.41, 5.74) is 0.895. The molecule has 0 aliphatic carbocycles. The van der Waals surface area contributed by atoms with Crippen LogP contribution in [0.3, 0.4) is 0 Å². The summed E-state index contributed by atoms with van der Waals surface area (Å²) < 4.78 is 4.96. The molecule has 0 bridgehead atoms. The number of rotatable bonds is 2. The minimum Gasteiger partial charge on any atom is -0.482 e. The molecule has 0 saturated heterocycles. The zero-order valence-electron chi connectivity index (χ0n) is 6.68. The SMILES string of the molecule is CCc1ccc(=O)[nH]c1OC. The monoisotopic (exact) mass is 153 g/mol.